The van der Waals surface area contributed by atoms with E-state index in [0.29, 0.717) is 0 Å². The van der Waals surface area contributed by atoms with Gasteiger partial charge in [-0.25, -0.2) is 0 Å². The predicted octanol–water partition coefficient (Wildman–Crippen LogP) is 2.63. The molecule has 20 heavy (non-hydrogen) atoms. The van der Waals surface area contributed by atoms with Crippen molar-refractivity contribution in [2.75, 3.05) is 38.1 Å². The number of nitrogens with zero attached hydrogens (tertiary/aromatic N) is 2. The number of likely N-dealkylation sites (tertiary alicyclic amines) is 1. The number of hydrogen-bond donors (Lipinski definition) is 1. The maximum atomic E-state index is 6.24. The molecule has 1 aromatic carbocycles. The maximum absolute atomic E-state index is 6.24. The molecule has 3 heteroatoms. The van der Waals surface area contributed by atoms with E-state index in [9.17, 15) is 0 Å². The number of anilines is 1. The van der Waals surface area contributed by atoms with Gasteiger partial charge in [0.15, 0.2) is 0 Å². The molecule has 1 saturated heterocycles. The van der Waals surface area contributed by atoms with E-state index in [1.807, 2.05) is 0 Å². The zero-order valence-electron chi connectivity index (χ0n) is 13.2. The first-order chi connectivity index (χ1) is 9.61. The van der Waals surface area contributed by atoms with Gasteiger partial charge in [-0.2, -0.15) is 0 Å². The molecule has 0 saturated carbocycles. The van der Waals surface area contributed by atoms with Crippen LogP contribution in [-0.4, -0.2) is 43.7 Å². The molecule has 2 rings (SSSR count). The van der Waals surface area contributed by atoms with Crippen LogP contribution in [0.5, 0.6) is 0 Å². The minimum atomic E-state index is 0.118. The fourth-order valence-corrected chi connectivity index (χ4v) is 3.49. The molecule has 2 N–H and O–H groups in total. The van der Waals surface area contributed by atoms with Crippen LogP contribution in [0.4, 0.5) is 5.69 Å². The highest BCUT2D eigenvalue weighted by Crippen LogP contribution is 2.32. The molecule has 1 heterocycles. The predicted molar refractivity (Wildman–Crippen MR) is 87.3 cm³/mol. The van der Waals surface area contributed by atoms with Crippen LogP contribution in [0.25, 0.3) is 0 Å². The number of likely N-dealkylation sites (N-methyl/N-ethyl adjacent to an activating group) is 1. The number of rotatable bonds is 4. The lowest BCUT2D eigenvalue weighted by Gasteiger charge is -2.44. The first-order valence-corrected chi connectivity index (χ1v) is 7.84. The second-order valence-corrected chi connectivity index (χ2v) is 6.17. The molecular formula is C17H29N3. The molecule has 1 atom stereocenters. The van der Waals surface area contributed by atoms with Crippen molar-refractivity contribution < 1.29 is 0 Å². The molecule has 0 radical (unpaired) electrons. The van der Waals surface area contributed by atoms with Gasteiger partial charge in [-0.3, -0.25) is 0 Å². The normalized spacial score (nSPS) is 24.4. The fourth-order valence-electron chi connectivity index (χ4n) is 3.49. The van der Waals surface area contributed by atoms with Gasteiger partial charge in [-0.15, -0.1) is 0 Å². The van der Waals surface area contributed by atoms with Crippen LogP contribution in [0.1, 0.15) is 31.7 Å². The molecule has 1 aromatic rings. The summed E-state index contributed by atoms with van der Waals surface area (Å²) >= 11 is 0. The summed E-state index contributed by atoms with van der Waals surface area (Å²) in [5, 5.41) is 0. The van der Waals surface area contributed by atoms with E-state index in [2.05, 4.69) is 55.0 Å². The molecule has 0 aliphatic carbocycles. The van der Waals surface area contributed by atoms with Crippen LogP contribution in [0.15, 0.2) is 24.3 Å². The Kier molecular flexibility index (Phi) is 5.06. The van der Waals surface area contributed by atoms with Crippen molar-refractivity contribution in [1.29, 1.82) is 0 Å². The average molecular weight is 275 g/mol. The van der Waals surface area contributed by atoms with Crippen molar-refractivity contribution in [3.63, 3.8) is 0 Å². The Hall–Kier alpha value is -1.06. The molecule has 1 aliphatic heterocycles. The Bertz CT molecular complexity index is 432. The van der Waals surface area contributed by atoms with E-state index >= 15 is 0 Å². The molecule has 1 fully saturated rings. The minimum Gasteiger partial charge on any atom is -0.365 e. The van der Waals surface area contributed by atoms with Gasteiger partial charge in [0.25, 0.3) is 0 Å². The molecule has 0 amide bonds. The van der Waals surface area contributed by atoms with Gasteiger partial charge in [0.05, 0.1) is 5.54 Å². The van der Waals surface area contributed by atoms with Crippen molar-refractivity contribution in [3.05, 3.63) is 29.8 Å². The lowest BCUT2D eigenvalue weighted by Crippen LogP contribution is -2.54. The van der Waals surface area contributed by atoms with Crippen LogP contribution < -0.4 is 10.6 Å². The third-order valence-corrected chi connectivity index (χ3v) is 4.72. The number of hydrogen-bond acceptors (Lipinski definition) is 3. The third kappa shape index (κ3) is 3.15. The topological polar surface area (TPSA) is 32.5 Å². The Morgan fingerprint density at radius 1 is 1.30 bits per heavy atom. The van der Waals surface area contributed by atoms with Crippen LogP contribution >= 0.6 is 0 Å². The SMILES string of the molecule is CCN(c1cccc(C)c1)C1(CN)CCCN(C)CC1. The number of benzene rings is 1. The molecule has 3 nitrogen and oxygen atoms in total. The summed E-state index contributed by atoms with van der Waals surface area (Å²) in [7, 11) is 2.22. The molecule has 1 unspecified atom stereocenters. The van der Waals surface area contributed by atoms with Crippen molar-refractivity contribution >= 4 is 5.69 Å². The molecule has 0 spiro atoms. The van der Waals surface area contributed by atoms with Crippen molar-refractivity contribution in [2.45, 2.75) is 38.6 Å². The Morgan fingerprint density at radius 3 is 2.75 bits per heavy atom. The molecule has 1 aliphatic rings. The summed E-state index contributed by atoms with van der Waals surface area (Å²) in [5.41, 5.74) is 9.00. The summed E-state index contributed by atoms with van der Waals surface area (Å²) in [4.78, 5) is 4.97. The summed E-state index contributed by atoms with van der Waals surface area (Å²) in [6.45, 7) is 8.49. The van der Waals surface area contributed by atoms with Gasteiger partial charge < -0.3 is 15.5 Å². The Balaban J connectivity index is 2.31. The summed E-state index contributed by atoms with van der Waals surface area (Å²) in [6.07, 6.45) is 3.58. The lowest BCUT2D eigenvalue weighted by molar-refractivity contribution is 0.319. The second kappa shape index (κ2) is 6.59. The van der Waals surface area contributed by atoms with Gasteiger partial charge >= 0.3 is 0 Å². The number of nitrogens with two attached hydrogens (primary N) is 1. The van der Waals surface area contributed by atoms with Crippen molar-refractivity contribution in [1.82, 2.24) is 4.90 Å². The van der Waals surface area contributed by atoms with E-state index in [-0.39, 0.29) is 5.54 Å². The van der Waals surface area contributed by atoms with Crippen LogP contribution in [0.3, 0.4) is 0 Å². The highest BCUT2D eigenvalue weighted by Gasteiger charge is 2.36. The standard InChI is InChI=1S/C17H29N3/c1-4-20(16-8-5-7-15(2)13-16)17(14-18)9-6-11-19(3)12-10-17/h5,7-8,13H,4,6,9-12,14,18H2,1-3H3. The summed E-state index contributed by atoms with van der Waals surface area (Å²) in [6, 6.07) is 8.83. The minimum absolute atomic E-state index is 0.118. The summed E-state index contributed by atoms with van der Waals surface area (Å²) < 4.78 is 0. The zero-order chi connectivity index (χ0) is 14.6. The molecular weight excluding hydrogens is 246 g/mol. The molecule has 0 aromatic heterocycles. The van der Waals surface area contributed by atoms with Gasteiger partial charge in [0.2, 0.25) is 0 Å². The monoisotopic (exact) mass is 275 g/mol. The fraction of sp³-hybridized carbons (Fsp3) is 0.647. The van der Waals surface area contributed by atoms with E-state index in [4.69, 9.17) is 5.73 Å². The van der Waals surface area contributed by atoms with Gasteiger partial charge in [-0.05, 0) is 64.4 Å². The van der Waals surface area contributed by atoms with Crippen LogP contribution in [0.2, 0.25) is 0 Å². The van der Waals surface area contributed by atoms with Crippen LogP contribution in [-0.2, 0) is 0 Å². The van der Waals surface area contributed by atoms with E-state index in [0.717, 1.165) is 26.1 Å². The summed E-state index contributed by atoms with van der Waals surface area (Å²) in [5.74, 6) is 0. The quantitative estimate of drug-likeness (QED) is 0.917. The third-order valence-electron chi connectivity index (χ3n) is 4.72. The molecule has 0 bridgehead atoms. The zero-order valence-corrected chi connectivity index (χ0v) is 13.2. The smallest absolute Gasteiger partial charge is 0.0536 e. The van der Waals surface area contributed by atoms with E-state index in [1.165, 1.54) is 30.6 Å². The van der Waals surface area contributed by atoms with Gasteiger partial charge in [0, 0.05) is 25.3 Å². The van der Waals surface area contributed by atoms with Gasteiger partial charge in [-0.1, -0.05) is 12.1 Å². The number of aryl methyl sites for hydroxylation is 1. The lowest BCUT2D eigenvalue weighted by atomic mass is 9.87. The van der Waals surface area contributed by atoms with E-state index in [1.54, 1.807) is 0 Å². The average Bonchev–Trinajstić information content (AvgIpc) is 2.63. The van der Waals surface area contributed by atoms with Crippen LogP contribution in [0, 0.1) is 6.92 Å². The first kappa shape index (κ1) is 15.3. The van der Waals surface area contributed by atoms with Crippen molar-refractivity contribution in [2.24, 2.45) is 5.73 Å². The maximum Gasteiger partial charge on any atom is 0.0536 e. The van der Waals surface area contributed by atoms with Gasteiger partial charge in [0.1, 0.15) is 0 Å². The highest BCUT2D eigenvalue weighted by atomic mass is 15.2. The largest absolute Gasteiger partial charge is 0.365 e. The van der Waals surface area contributed by atoms with E-state index < -0.39 is 0 Å². The highest BCUT2D eigenvalue weighted by molar-refractivity contribution is 5.51. The van der Waals surface area contributed by atoms with Crippen molar-refractivity contribution in [3.8, 4) is 0 Å². The Morgan fingerprint density at radius 2 is 2.10 bits per heavy atom. The molecule has 112 valence electrons. The second-order valence-electron chi connectivity index (χ2n) is 6.17. The Labute approximate surface area is 123 Å². The first-order valence-electron chi connectivity index (χ1n) is 7.84.